The third-order valence-electron chi connectivity index (χ3n) is 3.12. The number of aromatic nitrogens is 1. The van der Waals surface area contributed by atoms with Crippen LogP contribution in [0.2, 0.25) is 0 Å². The summed E-state index contributed by atoms with van der Waals surface area (Å²) in [5.74, 6) is 0.883. The lowest BCUT2D eigenvalue weighted by Gasteiger charge is -2.16. The molecule has 1 atom stereocenters. The number of carbonyl (C=O) groups is 1. The van der Waals surface area contributed by atoms with Crippen LogP contribution in [0.15, 0.2) is 18.3 Å². The van der Waals surface area contributed by atoms with Crippen molar-refractivity contribution >= 4 is 11.7 Å². The molecule has 1 aliphatic heterocycles. The molecule has 0 aliphatic carbocycles. The van der Waals surface area contributed by atoms with E-state index < -0.39 is 6.04 Å². The molecule has 18 heavy (non-hydrogen) atoms. The third kappa shape index (κ3) is 3.20. The summed E-state index contributed by atoms with van der Waals surface area (Å²) in [5, 5.41) is 2.77. The van der Waals surface area contributed by atoms with Crippen molar-refractivity contribution in [1.82, 2.24) is 10.3 Å². The van der Waals surface area contributed by atoms with Gasteiger partial charge in [0.15, 0.2) is 0 Å². The van der Waals surface area contributed by atoms with E-state index in [4.69, 9.17) is 5.73 Å². The van der Waals surface area contributed by atoms with Crippen LogP contribution in [-0.4, -0.2) is 30.0 Å². The molecule has 0 radical (unpaired) electrons. The molecule has 2 rings (SSSR count). The zero-order valence-electron chi connectivity index (χ0n) is 10.7. The minimum absolute atomic E-state index is 0.140. The van der Waals surface area contributed by atoms with E-state index in [9.17, 15) is 4.79 Å². The molecule has 5 heteroatoms. The van der Waals surface area contributed by atoms with Gasteiger partial charge in [0.25, 0.3) is 0 Å². The van der Waals surface area contributed by atoms with E-state index >= 15 is 0 Å². The van der Waals surface area contributed by atoms with Crippen LogP contribution in [0, 0.1) is 0 Å². The van der Waals surface area contributed by atoms with Crippen LogP contribution in [0.1, 0.15) is 25.3 Å². The van der Waals surface area contributed by atoms with Crippen LogP contribution >= 0.6 is 0 Å². The number of hydrogen-bond donors (Lipinski definition) is 2. The molecular weight excluding hydrogens is 228 g/mol. The Morgan fingerprint density at radius 3 is 2.78 bits per heavy atom. The Morgan fingerprint density at radius 1 is 1.50 bits per heavy atom. The first-order valence-corrected chi connectivity index (χ1v) is 6.40. The minimum Gasteiger partial charge on any atom is -0.357 e. The number of pyridine rings is 1. The van der Waals surface area contributed by atoms with Gasteiger partial charge in [0.2, 0.25) is 5.91 Å². The maximum absolute atomic E-state index is 11.3. The molecular formula is C13H20N4O. The molecule has 0 bridgehead atoms. The van der Waals surface area contributed by atoms with Gasteiger partial charge in [-0.2, -0.15) is 0 Å². The maximum atomic E-state index is 11.3. The first-order valence-electron chi connectivity index (χ1n) is 6.40. The minimum atomic E-state index is -0.471. The van der Waals surface area contributed by atoms with Crippen molar-refractivity contribution in [3.8, 4) is 0 Å². The third-order valence-corrected chi connectivity index (χ3v) is 3.12. The molecule has 0 spiro atoms. The zero-order chi connectivity index (χ0) is 13.0. The normalized spacial score (nSPS) is 16.7. The number of nitrogens with two attached hydrogens (primary N) is 1. The molecule has 0 aromatic carbocycles. The molecule has 3 N–H and O–H groups in total. The zero-order valence-corrected chi connectivity index (χ0v) is 10.7. The quantitative estimate of drug-likeness (QED) is 0.820. The monoisotopic (exact) mass is 248 g/mol. The topological polar surface area (TPSA) is 71.2 Å². The molecule has 1 unspecified atom stereocenters. The highest BCUT2D eigenvalue weighted by Gasteiger charge is 2.13. The van der Waals surface area contributed by atoms with Crippen LogP contribution < -0.4 is 16.0 Å². The lowest BCUT2D eigenvalue weighted by Crippen LogP contribution is -2.37. The second kappa shape index (κ2) is 5.82. The largest absolute Gasteiger partial charge is 0.357 e. The van der Waals surface area contributed by atoms with Crippen molar-refractivity contribution in [2.75, 3.05) is 18.0 Å². The summed E-state index contributed by atoms with van der Waals surface area (Å²) >= 11 is 0. The number of rotatable bonds is 4. The van der Waals surface area contributed by atoms with Crippen molar-refractivity contribution < 1.29 is 4.79 Å². The molecule has 0 saturated carbocycles. The lowest BCUT2D eigenvalue weighted by molar-refractivity contribution is -0.122. The Kier molecular flexibility index (Phi) is 4.15. The van der Waals surface area contributed by atoms with Crippen molar-refractivity contribution in [2.45, 2.75) is 32.4 Å². The molecule has 1 aliphatic rings. The summed E-state index contributed by atoms with van der Waals surface area (Å²) in [4.78, 5) is 18.0. The van der Waals surface area contributed by atoms with E-state index in [0.29, 0.717) is 6.54 Å². The highest BCUT2D eigenvalue weighted by molar-refractivity contribution is 5.80. The van der Waals surface area contributed by atoms with Crippen molar-refractivity contribution in [2.24, 2.45) is 5.73 Å². The van der Waals surface area contributed by atoms with Gasteiger partial charge in [-0.3, -0.25) is 4.79 Å². The van der Waals surface area contributed by atoms with Gasteiger partial charge in [-0.25, -0.2) is 4.98 Å². The number of carbonyl (C=O) groups excluding carboxylic acids is 1. The number of nitrogens with zero attached hydrogens (tertiary/aromatic N) is 2. The van der Waals surface area contributed by atoms with E-state index in [1.807, 2.05) is 18.3 Å². The summed E-state index contributed by atoms with van der Waals surface area (Å²) in [6.07, 6.45) is 4.30. The average Bonchev–Trinajstić information content (AvgIpc) is 2.90. The van der Waals surface area contributed by atoms with Crippen LogP contribution in [0.5, 0.6) is 0 Å². The van der Waals surface area contributed by atoms with E-state index in [1.54, 1.807) is 6.92 Å². The number of hydrogen-bond acceptors (Lipinski definition) is 4. The molecule has 1 saturated heterocycles. The van der Waals surface area contributed by atoms with Gasteiger partial charge < -0.3 is 16.0 Å². The second-order valence-corrected chi connectivity index (χ2v) is 4.73. The smallest absolute Gasteiger partial charge is 0.236 e. The molecule has 98 valence electrons. The van der Waals surface area contributed by atoms with Gasteiger partial charge >= 0.3 is 0 Å². The van der Waals surface area contributed by atoms with Crippen molar-refractivity contribution in [1.29, 1.82) is 0 Å². The van der Waals surface area contributed by atoms with E-state index in [-0.39, 0.29) is 5.91 Å². The van der Waals surface area contributed by atoms with Crippen molar-refractivity contribution in [3.05, 3.63) is 23.9 Å². The summed E-state index contributed by atoms with van der Waals surface area (Å²) in [7, 11) is 0. The predicted molar refractivity (Wildman–Crippen MR) is 71.2 cm³/mol. The molecule has 1 fully saturated rings. The number of anilines is 1. The Hall–Kier alpha value is -1.62. The molecule has 1 aromatic heterocycles. The van der Waals surface area contributed by atoms with Gasteiger partial charge in [0.05, 0.1) is 6.04 Å². The van der Waals surface area contributed by atoms with E-state index in [2.05, 4.69) is 15.2 Å². The van der Waals surface area contributed by atoms with Crippen LogP contribution in [0.4, 0.5) is 5.82 Å². The maximum Gasteiger partial charge on any atom is 0.236 e. The first-order chi connectivity index (χ1) is 8.66. The Labute approximate surface area is 107 Å². The molecule has 1 aromatic rings. The van der Waals surface area contributed by atoms with Crippen LogP contribution in [0.3, 0.4) is 0 Å². The highest BCUT2D eigenvalue weighted by atomic mass is 16.2. The van der Waals surface area contributed by atoms with Gasteiger partial charge in [0.1, 0.15) is 5.82 Å². The fourth-order valence-electron chi connectivity index (χ4n) is 2.00. The van der Waals surface area contributed by atoms with Gasteiger partial charge in [0, 0.05) is 25.8 Å². The first kappa shape index (κ1) is 12.8. The summed E-state index contributed by atoms with van der Waals surface area (Å²) in [5.41, 5.74) is 6.47. The van der Waals surface area contributed by atoms with Gasteiger partial charge in [-0.05, 0) is 31.4 Å². The standard InChI is InChI=1S/C13H20N4O/c1-10(14)13(18)16-9-11-4-5-12(15-8-11)17-6-2-3-7-17/h4-5,8,10H,2-3,6-7,9,14H2,1H3,(H,16,18). The SMILES string of the molecule is CC(N)C(=O)NCc1ccc(N2CCCC2)nc1. The summed E-state index contributed by atoms with van der Waals surface area (Å²) in [6, 6.07) is 3.54. The average molecular weight is 248 g/mol. The van der Waals surface area contributed by atoms with E-state index in [1.165, 1.54) is 12.8 Å². The number of amides is 1. The summed E-state index contributed by atoms with van der Waals surface area (Å²) in [6.45, 7) is 4.33. The molecule has 5 nitrogen and oxygen atoms in total. The van der Waals surface area contributed by atoms with E-state index in [0.717, 1.165) is 24.5 Å². The van der Waals surface area contributed by atoms with Gasteiger partial charge in [-0.15, -0.1) is 0 Å². The number of nitrogens with one attached hydrogen (secondary N) is 1. The van der Waals surface area contributed by atoms with Crippen LogP contribution in [0.25, 0.3) is 0 Å². The predicted octanol–water partition coefficient (Wildman–Crippen LogP) is 0.645. The Balaban J connectivity index is 1.89. The fraction of sp³-hybridized carbons (Fsp3) is 0.538. The Morgan fingerprint density at radius 2 is 2.22 bits per heavy atom. The molecule has 1 amide bonds. The summed E-state index contributed by atoms with van der Waals surface area (Å²) < 4.78 is 0. The Bertz CT molecular complexity index is 396. The second-order valence-electron chi connectivity index (χ2n) is 4.73. The van der Waals surface area contributed by atoms with Crippen LogP contribution in [-0.2, 0) is 11.3 Å². The van der Waals surface area contributed by atoms with Gasteiger partial charge in [-0.1, -0.05) is 6.07 Å². The fourth-order valence-corrected chi connectivity index (χ4v) is 2.00. The highest BCUT2D eigenvalue weighted by Crippen LogP contribution is 2.17. The van der Waals surface area contributed by atoms with Crippen molar-refractivity contribution in [3.63, 3.8) is 0 Å². The molecule has 2 heterocycles. The lowest BCUT2D eigenvalue weighted by atomic mass is 10.2.